The summed E-state index contributed by atoms with van der Waals surface area (Å²) in [5, 5.41) is 3.20. The van der Waals surface area contributed by atoms with Crippen LogP contribution in [0.3, 0.4) is 0 Å². The number of nitrogens with one attached hydrogen (secondary N) is 1. The lowest BCUT2D eigenvalue weighted by Crippen LogP contribution is -2.61. The van der Waals surface area contributed by atoms with Gasteiger partial charge in [0.25, 0.3) is 6.02 Å². The quantitative estimate of drug-likeness (QED) is 0.706. The van der Waals surface area contributed by atoms with E-state index in [1.807, 2.05) is 26.2 Å². The van der Waals surface area contributed by atoms with E-state index >= 15 is 0 Å². The molecule has 5 rings (SSSR count). The maximum atomic E-state index is 6.22. The highest BCUT2D eigenvalue weighted by atomic mass is 16.5. The van der Waals surface area contributed by atoms with Crippen molar-refractivity contribution >= 4 is 25.1 Å². The van der Waals surface area contributed by atoms with Crippen LogP contribution in [0, 0.1) is 5.92 Å². The number of aromatic nitrogens is 1. The Hall–Kier alpha value is -1.56. The molecular formula is C14H19BN4O. The Morgan fingerprint density at radius 3 is 2.85 bits per heavy atom. The number of amidine groups is 1. The van der Waals surface area contributed by atoms with Crippen molar-refractivity contribution in [2.45, 2.75) is 18.4 Å². The van der Waals surface area contributed by atoms with Crippen LogP contribution in [0.5, 0.6) is 0 Å². The van der Waals surface area contributed by atoms with Crippen LogP contribution in [0.1, 0.15) is 12.8 Å². The second-order valence-electron chi connectivity index (χ2n) is 6.18. The normalized spacial score (nSPS) is 34.9. The van der Waals surface area contributed by atoms with Crippen LogP contribution >= 0.6 is 0 Å². The number of hydrogen-bond donors (Lipinski definition) is 1. The van der Waals surface area contributed by atoms with E-state index in [4.69, 9.17) is 4.74 Å². The molecule has 1 aromatic rings. The van der Waals surface area contributed by atoms with Crippen LogP contribution in [0.15, 0.2) is 23.3 Å². The summed E-state index contributed by atoms with van der Waals surface area (Å²) in [6.07, 6.45) is 4.33. The lowest BCUT2D eigenvalue weighted by Gasteiger charge is -2.50. The second kappa shape index (κ2) is 4.48. The molecule has 20 heavy (non-hydrogen) atoms. The molecule has 4 aliphatic heterocycles. The molecule has 0 saturated carbocycles. The fourth-order valence-corrected chi connectivity index (χ4v) is 3.60. The molecule has 5 heterocycles. The molecule has 1 atom stereocenters. The number of pyridine rings is 1. The first kappa shape index (κ1) is 12.2. The lowest BCUT2D eigenvalue weighted by atomic mass is 9.75. The van der Waals surface area contributed by atoms with Crippen molar-refractivity contribution in [3.8, 4) is 0 Å². The SMILES string of the molecule is Bc1ccc(NC2=NC[C@@]3(CN4CCC3CC4)O2)nc1. The van der Waals surface area contributed by atoms with Gasteiger partial charge in [-0.2, -0.15) is 0 Å². The number of nitrogens with zero attached hydrogens (tertiary/aromatic N) is 3. The first-order valence-electron chi connectivity index (χ1n) is 7.39. The van der Waals surface area contributed by atoms with Gasteiger partial charge in [-0.15, -0.1) is 0 Å². The number of anilines is 1. The standard InChI is InChI=1S/C14H19BN4O/c15-11-1-2-12(16-7-11)18-13-17-8-14(20-13)9-19-5-3-10(14)4-6-19/h1-2,7,10H,3-6,8-9,15H2,(H,16,17,18)/t14-/m0/s1. The maximum absolute atomic E-state index is 6.22. The first-order valence-corrected chi connectivity index (χ1v) is 7.39. The van der Waals surface area contributed by atoms with Gasteiger partial charge in [-0.1, -0.05) is 11.5 Å². The van der Waals surface area contributed by atoms with Gasteiger partial charge < -0.3 is 4.74 Å². The molecule has 0 unspecified atom stereocenters. The second-order valence-corrected chi connectivity index (χ2v) is 6.18. The van der Waals surface area contributed by atoms with Gasteiger partial charge in [-0.25, -0.2) is 9.98 Å². The van der Waals surface area contributed by atoms with Gasteiger partial charge >= 0.3 is 0 Å². The van der Waals surface area contributed by atoms with Crippen molar-refractivity contribution in [2.24, 2.45) is 10.9 Å². The molecule has 0 aromatic carbocycles. The molecule has 1 N–H and O–H groups in total. The van der Waals surface area contributed by atoms with E-state index in [0.717, 1.165) is 24.4 Å². The minimum Gasteiger partial charge on any atom is -0.455 e. The number of hydrogen-bond acceptors (Lipinski definition) is 5. The molecule has 2 bridgehead atoms. The van der Waals surface area contributed by atoms with Gasteiger partial charge in [0.1, 0.15) is 19.3 Å². The van der Waals surface area contributed by atoms with Gasteiger partial charge in [0.15, 0.2) is 0 Å². The van der Waals surface area contributed by atoms with Crippen LogP contribution in [-0.4, -0.2) is 55.5 Å². The summed E-state index contributed by atoms with van der Waals surface area (Å²) >= 11 is 0. The van der Waals surface area contributed by atoms with Crippen molar-refractivity contribution in [2.75, 3.05) is 31.5 Å². The van der Waals surface area contributed by atoms with Gasteiger partial charge in [0, 0.05) is 18.7 Å². The summed E-state index contributed by atoms with van der Waals surface area (Å²) in [7, 11) is 2.03. The van der Waals surface area contributed by atoms with Crippen LogP contribution in [0.4, 0.5) is 5.82 Å². The Labute approximate surface area is 119 Å². The minimum absolute atomic E-state index is 0.0798. The zero-order valence-corrected chi connectivity index (χ0v) is 11.8. The monoisotopic (exact) mass is 270 g/mol. The molecule has 0 radical (unpaired) electrons. The fraction of sp³-hybridized carbons (Fsp3) is 0.571. The average Bonchev–Trinajstić information content (AvgIpc) is 2.85. The largest absolute Gasteiger partial charge is 0.455 e. The van der Waals surface area contributed by atoms with Crippen molar-refractivity contribution in [3.05, 3.63) is 18.3 Å². The van der Waals surface area contributed by atoms with E-state index in [-0.39, 0.29) is 5.60 Å². The molecule has 104 valence electrons. The summed E-state index contributed by atoms with van der Waals surface area (Å²) in [6.45, 7) is 4.24. The molecule has 6 heteroatoms. The third-order valence-electron chi connectivity index (χ3n) is 4.76. The summed E-state index contributed by atoms with van der Waals surface area (Å²) in [5.74, 6) is 1.45. The highest BCUT2D eigenvalue weighted by Crippen LogP contribution is 2.40. The smallest absolute Gasteiger partial charge is 0.291 e. The maximum Gasteiger partial charge on any atom is 0.291 e. The summed E-state index contributed by atoms with van der Waals surface area (Å²) in [5.41, 5.74) is 1.07. The minimum atomic E-state index is -0.0798. The Balaban J connectivity index is 1.46. The molecule has 1 aromatic heterocycles. The molecule has 5 nitrogen and oxygen atoms in total. The van der Waals surface area contributed by atoms with Crippen molar-refractivity contribution < 1.29 is 4.74 Å². The topological polar surface area (TPSA) is 49.8 Å². The van der Waals surface area contributed by atoms with Gasteiger partial charge in [0.05, 0.1) is 6.54 Å². The van der Waals surface area contributed by atoms with E-state index < -0.39 is 0 Å². The van der Waals surface area contributed by atoms with Crippen molar-refractivity contribution in [1.82, 2.24) is 9.88 Å². The lowest BCUT2D eigenvalue weighted by molar-refractivity contribution is -0.0829. The van der Waals surface area contributed by atoms with E-state index in [0.29, 0.717) is 11.9 Å². The summed E-state index contributed by atoms with van der Waals surface area (Å²) in [6, 6.07) is 4.63. The van der Waals surface area contributed by atoms with Crippen LogP contribution in [0.25, 0.3) is 0 Å². The van der Waals surface area contributed by atoms with E-state index in [1.165, 1.54) is 25.9 Å². The summed E-state index contributed by atoms with van der Waals surface area (Å²) in [4.78, 5) is 11.4. The van der Waals surface area contributed by atoms with Gasteiger partial charge in [-0.05, 0) is 32.0 Å². The molecule has 4 aliphatic rings. The van der Waals surface area contributed by atoms with Crippen LogP contribution in [0.2, 0.25) is 0 Å². The van der Waals surface area contributed by atoms with Crippen LogP contribution < -0.4 is 10.8 Å². The number of rotatable bonds is 1. The highest BCUT2D eigenvalue weighted by Gasteiger charge is 2.51. The zero-order valence-electron chi connectivity index (χ0n) is 11.8. The first-order chi connectivity index (χ1) is 9.73. The molecule has 0 aliphatic carbocycles. The van der Waals surface area contributed by atoms with Gasteiger partial charge in [0.2, 0.25) is 0 Å². The van der Waals surface area contributed by atoms with Crippen molar-refractivity contribution in [1.29, 1.82) is 0 Å². The molecule has 3 fully saturated rings. The Kier molecular flexibility index (Phi) is 2.74. The molecule has 3 saturated heterocycles. The molecule has 1 spiro atoms. The molecular weight excluding hydrogens is 251 g/mol. The van der Waals surface area contributed by atoms with Crippen LogP contribution in [-0.2, 0) is 4.74 Å². The number of fused-ring (bicyclic) bond motifs is 2. The van der Waals surface area contributed by atoms with Gasteiger partial charge in [-0.3, -0.25) is 10.2 Å². The predicted molar refractivity (Wildman–Crippen MR) is 81.3 cm³/mol. The Bertz CT molecular complexity index is 539. The third-order valence-corrected chi connectivity index (χ3v) is 4.76. The number of ether oxygens (including phenoxy) is 1. The molecule has 0 amide bonds. The van der Waals surface area contributed by atoms with E-state index in [9.17, 15) is 0 Å². The fourth-order valence-electron chi connectivity index (χ4n) is 3.60. The Morgan fingerprint density at radius 1 is 1.35 bits per heavy atom. The summed E-state index contributed by atoms with van der Waals surface area (Å²) < 4.78 is 6.22. The Morgan fingerprint density at radius 2 is 2.20 bits per heavy atom. The van der Waals surface area contributed by atoms with E-state index in [1.54, 1.807) is 0 Å². The number of piperidine rings is 3. The predicted octanol–water partition coefficient (Wildman–Crippen LogP) is -0.398. The van der Waals surface area contributed by atoms with Crippen molar-refractivity contribution in [3.63, 3.8) is 0 Å². The highest BCUT2D eigenvalue weighted by molar-refractivity contribution is 6.32. The van der Waals surface area contributed by atoms with E-state index in [2.05, 4.69) is 20.2 Å². The third kappa shape index (κ3) is 1.99. The average molecular weight is 270 g/mol. The number of aliphatic imine (C=N–C) groups is 1. The zero-order chi connectivity index (χ0) is 13.6.